The molecule has 0 saturated carbocycles. The number of nitrogens with one attached hydrogen (secondary N) is 1. The fourth-order valence-electron chi connectivity index (χ4n) is 1.90. The molecule has 3 aromatic rings. The second kappa shape index (κ2) is 4.64. The van der Waals surface area contributed by atoms with Crippen molar-refractivity contribution in [2.75, 3.05) is 4.72 Å². The van der Waals surface area contributed by atoms with Crippen LogP contribution in [0.5, 0.6) is 0 Å². The van der Waals surface area contributed by atoms with Crippen LogP contribution in [0.15, 0.2) is 58.1 Å². The summed E-state index contributed by atoms with van der Waals surface area (Å²) < 4.78 is 32.2. The average molecular weight is 288 g/mol. The molecule has 0 spiro atoms. The number of anilines is 1. The van der Waals surface area contributed by atoms with Gasteiger partial charge in [-0.2, -0.15) is 0 Å². The van der Waals surface area contributed by atoms with E-state index in [-0.39, 0.29) is 4.90 Å². The first-order chi connectivity index (χ1) is 9.56. The van der Waals surface area contributed by atoms with Crippen LogP contribution in [0.4, 0.5) is 5.69 Å². The van der Waals surface area contributed by atoms with Gasteiger partial charge in [-0.3, -0.25) is 4.72 Å². The van der Waals surface area contributed by atoms with Crippen molar-refractivity contribution in [3.8, 4) is 0 Å². The van der Waals surface area contributed by atoms with E-state index >= 15 is 0 Å². The summed E-state index contributed by atoms with van der Waals surface area (Å²) in [6.45, 7) is 1.90. The monoisotopic (exact) mass is 288 g/mol. The molecule has 102 valence electrons. The summed E-state index contributed by atoms with van der Waals surface area (Å²) in [6.07, 6.45) is 1.54. The highest BCUT2D eigenvalue weighted by Gasteiger charge is 2.16. The number of aromatic nitrogens is 1. The van der Waals surface area contributed by atoms with Crippen LogP contribution in [-0.4, -0.2) is 13.6 Å². The van der Waals surface area contributed by atoms with Crippen LogP contribution in [0, 0.1) is 6.92 Å². The van der Waals surface area contributed by atoms with Gasteiger partial charge in [-0.1, -0.05) is 28.9 Å². The summed E-state index contributed by atoms with van der Waals surface area (Å²) in [4.78, 5) is 0.208. The Hall–Kier alpha value is -2.34. The number of rotatable bonds is 3. The Balaban J connectivity index is 2.01. The van der Waals surface area contributed by atoms with E-state index in [9.17, 15) is 8.42 Å². The Morgan fingerprint density at radius 3 is 2.60 bits per heavy atom. The minimum atomic E-state index is -3.64. The van der Waals surface area contributed by atoms with Gasteiger partial charge in [0.05, 0.1) is 16.8 Å². The number of sulfonamides is 1. The fraction of sp³-hybridized carbons (Fsp3) is 0.0714. The quantitative estimate of drug-likeness (QED) is 0.804. The summed E-state index contributed by atoms with van der Waals surface area (Å²) >= 11 is 0. The Morgan fingerprint density at radius 2 is 1.85 bits per heavy atom. The minimum Gasteiger partial charge on any atom is -0.354 e. The van der Waals surface area contributed by atoms with Crippen molar-refractivity contribution in [1.82, 2.24) is 5.16 Å². The van der Waals surface area contributed by atoms with Crippen LogP contribution in [0.2, 0.25) is 0 Å². The number of hydrogen-bond donors (Lipinski definition) is 1. The standard InChI is InChI=1S/C14H12N2O3S/c1-10-5-7-12(8-6-10)20(17,18)16-13-4-2-3-11-9-15-19-14(11)13/h2-9,16H,1H3. The van der Waals surface area contributed by atoms with Gasteiger partial charge in [-0.25, -0.2) is 8.42 Å². The highest BCUT2D eigenvalue weighted by atomic mass is 32.2. The van der Waals surface area contributed by atoms with Crippen LogP contribution in [0.25, 0.3) is 11.0 Å². The lowest BCUT2D eigenvalue weighted by Crippen LogP contribution is -2.12. The first kappa shape index (κ1) is 12.7. The van der Waals surface area contributed by atoms with Gasteiger partial charge in [0.2, 0.25) is 0 Å². The number of aryl methyl sites for hydroxylation is 1. The van der Waals surface area contributed by atoms with Crippen molar-refractivity contribution >= 4 is 26.7 Å². The van der Waals surface area contributed by atoms with Gasteiger partial charge in [-0.15, -0.1) is 0 Å². The molecule has 1 N–H and O–H groups in total. The van der Waals surface area contributed by atoms with Crippen molar-refractivity contribution in [1.29, 1.82) is 0 Å². The van der Waals surface area contributed by atoms with Crippen molar-refractivity contribution in [3.63, 3.8) is 0 Å². The maximum Gasteiger partial charge on any atom is 0.262 e. The summed E-state index contributed by atoms with van der Waals surface area (Å²) in [6, 6.07) is 11.8. The highest BCUT2D eigenvalue weighted by molar-refractivity contribution is 7.92. The van der Waals surface area contributed by atoms with Crippen LogP contribution in [-0.2, 0) is 10.0 Å². The Kier molecular flexibility index (Phi) is 2.94. The summed E-state index contributed by atoms with van der Waals surface area (Å²) in [5.74, 6) is 0. The van der Waals surface area contributed by atoms with Gasteiger partial charge in [0, 0.05) is 5.39 Å². The molecule has 0 radical (unpaired) electrons. The van der Waals surface area contributed by atoms with Crippen LogP contribution >= 0.6 is 0 Å². The molecule has 1 aromatic heterocycles. The zero-order chi connectivity index (χ0) is 14.2. The largest absolute Gasteiger partial charge is 0.354 e. The molecule has 0 atom stereocenters. The number of fused-ring (bicyclic) bond motifs is 1. The van der Waals surface area contributed by atoms with Crippen molar-refractivity contribution in [3.05, 3.63) is 54.2 Å². The van der Waals surface area contributed by atoms with Gasteiger partial charge in [-0.05, 0) is 31.2 Å². The second-order valence-electron chi connectivity index (χ2n) is 4.47. The maximum absolute atomic E-state index is 12.3. The van der Waals surface area contributed by atoms with E-state index in [1.807, 2.05) is 6.92 Å². The maximum atomic E-state index is 12.3. The number of nitrogens with zero attached hydrogens (tertiary/aromatic N) is 1. The molecule has 2 aromatic carbocycles. The third kappa shape index (κ3) is 2.25. The lowest BCUT2D eigenvalue weighted by Gasteiger charge is -2.08. The smallest absolute Gasteiger partial charge is 0.262 e. The van der Waals surface area contributed by atoms with Crippen molar-refractivity contribution in [2.45, 2.75) is 11.8 Å². The van der Waals surface area contributed by atoms with Crippen LogP contribution in [0.1, 0.15) is 5.56 Å². The number of benzene rings is 2. The molecular formula is C14H12N2O3S. The van der Waals surface area contributed by atoms with E-state index in [1.165, 1.54) is 0 Å². The summed E-state index contributed by atoms with van der Waals surface area (Å²) in [7, 11) is -3.64. The lowest BCUT2D eigenvalue weighted by molar-refractivity contribution is 0.457. The van der Waals surface area contributed by atoms with E-state index in [1.54, 1.807) is 48.7 Å². The minimum absolute atomic E-state index is 0.208. The second-order valence-corrected chi connectivity index (χ2v) is 6.15. The molecule has 6 heteroatoms. The van der Waals surface area contributed by atoms with Crippen molar-refractivity contribution < 1.29 is 12.9 Å². The first-order valence-electron chi connectivity index (χ1n) is 5.99. The number of para-hydroxylation sites is 1. The van der Waals surface area contributed by atoms with E-state index < -0.39 is 10.0 Å². The van der Waals surface area contributed by atoms with Crippen molar-refractivity contribution in [2.24, 2.45) is 0 Å². The molecule has 0 amide bonds. The molecule has 0 saturated heterocycles. The van der Waals surface area contributed by atoms with E-state index in [0.29, 0.717) is 11.3 Å². The molecule has 5 nitrogen and oxygen atoms in total. The van der Waals surface area contributed by atoms with Gasteiger partial charge in [0.15, 0.2) is 5.58 Å². The topological polar surface area (TPSA) is 72.2 Å². The molecular weight excluding hydrogens is 276 g/mol. The molecule has 1 heterocycles. The highest BCUT2D eigenvalue weighted by Crippen LogP contribution is 2.25. The third-order valence-electron chi connectivity index (χ3n) is 2.96. The number of hydrogen-bond acceptors (Lipinski definition) is 4. The molecule has 20 heavy (non-hydrogen) atoms. The molecule has 0 aliphatic carbocycles. The molecule has 0 fully saturated rings. The molecule has 3 rings (SSSR count). The SMILES string of the molecule is Cc1ccc(S(=O)(=O)Nc2cccc3cnoc23)cc1. The average Bonchev–Trinajstić information content (AvgIpc) is 2.88. The zero-order valence-electron chi connectivity index (χ0n) is 10.7. The van der Waals surface area contributed by atoms with Crippen LogP contribution in [0.3, 0.4) is 0 Å². The van der Waals surface area contributed by atoms with Gasteiger partial charge in [0.1, 0.15) is 0 Å². The summed E-state index contributed by atoms with van der Waals surface area (Å²) in [5, 5.41) is 4.41. The third-order valence-corrected chi connectivity index (χ3v) is 4.34. The molecule has 0 aliphatic heterocycles. The Morgan fingerprint density at radius 1 is 1.10 bits per heavy atom. The van der Waals surface area contributed by atoms with E-state index in [4.69, 9.17) is 4.52 Å². The van der Waals surface area contributed by atoms with E-state index in [0.717, 1.165) is 10.9 Å². The Bertz CT molecular complexity index is 852. The Labute approximate surface area is 116 Å². The normalized spacial score (nSPS) is 11.7. The lowest BCUT2D eigenvalue weighted by atomic mass is 10.2. The van der Waals surface area contributed by atoms with Gasteiger partial charge < -0.3 is 4.52 Å². The predicted molar refractivity (Wildman–Crippen MR) is 76.0 cm³/mol. The zero-order valence-corrected chi connectivity index (χ0v) is 11.5. The van der Waals surface area contributed by atoms with Crippen LogP contribution < -0.4 is 4.72 Å². The van der Waals surface area contributed by atoms with Gasteiger partial charge >= 0.3 is 0 Å². The van der Waals surface area contributed by atoms with E-state index in [2.05, 4.69) is 9.88 Å². The first-order valence-corrected chi connectivity index (χ1v) is 7.47. The van der Waals surface area contributed by atoms with Gasteiger partial charge in [0.25, 0.3) is 10.0 Å². The predicted octanol–water partition coefficient (Wildman–Crippen LogP) is 2.94. The fourth-order valence-corrected chi connectivity index (χ4v) is 2.96. The molecule has 0 unspecified atom stereocenters. The molecule has 0 aliphatic rings. The summed E-state index contributed by atoms with van der Waals surface area (Å²) in [5.41, 5.74) is 1.80. The molecule has 0 bridgehead atoms.